The van der Waals surface area contributed by atoms with E-state index >= 15 is 0 Å². The predicted octanol–water partition coefficient (Wildman–Crippen LogP) is 3.82. The minimum Gasteiger partial charge on any atom is -0.323 e. The summed E-state index contributed by atoms with van der Waals surface area (Å²) in [6, 6.07) is 9.93. The zero-order valence-corrected chi connectivity index (χ0v) is 18.6. The first-order valence-corrected chi connectivity index (χ1v) is 10.0. The predicted molar refractivity (Wildman–Crippen MR) is 122 cm³/mol. The zero-order chi connectivity index (χ0) is 23.3. The SMILES string of the molecule is CC.Cc1ccc2c(c1)NC(=O)C(C)(C)C(=O)Nc1cc(C)ccc1NC(=O)C(=O)N2. The molecule has 8 nitrogen and oxygen atoms in total. The summed E-state index contributed by atoms with van der Waals surface area (Å²) in [5.74, 6) is -2.91. The second-order valence-corrected chi connectivity index (χ2v) is 7.54. The van der Waals surface area contributed by atoms with Crippen LogP contribution in [0.2, 0.25) is 0 Å². The van der Waals surface area contributed by atoms with Crippen molar-refractivity contribution in [2.45, 2.75) is 41.5 Å². The van der Waals surface area contributed by atoms with E-state index in [1.807, 2.05) is 27.7 Å². The van der Waals surface area contributed by atoms with Crippen LogP contribution in [0.4, 0.5) is 22.7 Å². The van der Waals surface area contributed by atoms with Crippen LogP contribution in [0.15, 0.2) is 36.4 Å². The van der Waals surface area contributed by atoms with Crippen LogP contribution in [0, 0.1) is 19.3 Å². The number of hydrogen-bond acceptors (Lipinski definition) is 4. The molecule has 2 aromatic rings. The van der Waals surface area contributed by atoms with Crippen molar-refractivity contribution in [1.29, 1.82) is 0 Å². The lowest BCUT2D eigenvalue weighted by molar-refractivity contribution is -0.135. The van der Waals surface area contributed by atoms with E-state index in [4.69, 9.17) is 0 Å². The number of hydrogen-bond donors (Lipinski definition) is 4. The fourth-order valence-corrected chi connectivity index (χ4v) is 2.76. The van der Waals surface area contributed by atoms with Gasteiger partial charge in [0, 0.05) is 0 Å². The van der Waals surface area contributed by atoms with Crippen LogP contribution in [0.3, 0.4) is 0 Å². The van der Waals surface area contributed by atoms with Crippen LogP contribution >= 0.6 is 0 Å². The molecule has 0 saturated carbocycles. The first-order valence-electron chi connectivity index (χ1n) is 10.0. The van der Waals surface area contributed by atoms with E-state index in [0.29, 0.717) is 11.4 Å². The average molecular weight is 425 g/mol. The van der Waals surface area contributed by atoms with Gasteiger partial charge in [-0.15, -0.1) is 0 Å². The largest absolute Gasteiger partial charge is 0.323 e. The summed E-state index contributed by atoms with van der Waals surface area (Å²) in [6.45, 7) is 10.6. The number of aryl methyl sites for hydroxylation is 2. The third-order valence-corrected chi connectivity index (χ3v) is 4.68. The maximum absolute atomic E-state index is 12.9. The van der Waals surface area contributed by atoms with Gasteiger partial charge in [-0.05, 0) is 63.1 Å². The third-order valence-electron chi connectivity index (χ3n) is 4.68. The summed E-state index contributed by atoms with van der Waals surface area (Å²) in [6.07, 6.45) is 0. The van der Waals surface area contributed by atoms with Crippen molar-refractivity contribution in [2.75, 3.05) is 21.3 Å². The maximum Gasteiger partial charge on any atom is 0.314 e. The molecule has 31 heavy (non-hydrogen) atoms. The van der Waals surface area contributed by atoms with Gasteiger partial charge in [0.2, 0.25) is 11.8 Å². The van der Waals surface area contributed by atoms with Crippen LogP contribution in [-0.2, 0) is 19.2 Å². The fraction of sp³-hybridized carbons (Fsp3) is 0.304. The highest BCUT2D eigenvalue weighted by molar-refractivity contribution is 6.44. The van der Waals surface area contributed by atoms with E-state index in [9.17, 15) is 19.2 Å². The highest BCUT2D eigenvalue weighted by Crippen LogP contribution is 2.30. The summed E-state index contributed by atoms with van der Waals surface area (Å²) in [7, 11) is 0. The minimum absolute atomic E-state index is 0.253. The lowest BCUT2D eigenvalue weighted by atomic mass is 9.90. The minimum atomic E-state index is -1.43. The van der Waals surface area contributed by atoms with Gasteiger partial charge in [0.15, 0.2) is 0 Å². The Morgan fingerprint density at radius 3 is 1.29 bits per heavy atom. The van der Waals surface area contributed by atoms with Gasteiger partial charge in [0.1, 0.15) is 5.41 Å². The van der Waals surface area contributed by atoms with E-state index in [-0.39, 0.29) is 11.4 Å². The highest BCUT2D eigenvalue weighted by Gasteiger charge is 2.37. The summed E-state index contributed by atoms with van der Waals surface area (Å²) >= 11 is 0. The Balaban J connectivity index is 0.00000166. The van der Waals surface area contributed by atoms with Crippen LogP contribution in [0.25, 0.3) is 0 Å². The van der Waals surface area contributed by atoms with Gasteiger partial charge >= 0.3 is 11.8 Å². The molecule has 1 aliphatic heterocycles. The van der Waals surface area contributed by atoms with Gasteiger partial charge in [-0.25, -0.2) is 0 Å². The van der Waals surface area contributed by atoms with Crippen molar-refractivity contribution in [3.63, 3.8) is 0 Å². The molecular formula is C23H28N4O4. The normalized spacial score (nSPS) is 15.7. The van der Waals surface area contributed by atoms with Crippen molar-refractivity contribution in [3.05, 3.63) is 47.5 Å². The molecule has 0 saturated heterocycles. The van der Waals surface area contributed by atoms with Gasteiger partial charge in [-0.3, -0.25) is 19.2 Å². The van der Waals surface area contributed by atoms with Gasteiger partial charge in [-0.2, -0.15) is 0 Å². The molecule has 0 atom stereocenters. The molecule has 1 heterocycles. The molecule has 0 bridgehead atoms. The standard InChI is InChI=1S/C21H22N4O4.C2H6/c1-11-5-7-13-15(9-11)24-19(28)21(3,4)20(29)25-16-10-12(2)6-8-14(16)23-18(27)17(26)22-13;1-2/h5-10H,1-4H3,(H,22,26)(H,23,27)(H,24,28)(H,25,29);1-2H3. The summed E-state index contributed by atoms with van der Waals surface area (Å²) in [5.41, 5.74) is 1.33. The van der Waals surface area contributed by atoms with Gasteiger partial charge in [0.25, 0.3) is 0 Å². The Kier molecular flexibility index (Phi) is 7.17. The number of nitrogens with one attached hydrogen (secondary N) is 4. The second-order valence-electron chi connectivity index (χ2n) is 7.54. The Hall–Kier alpha value is -3.68. The summed E-state index contributed by atoms with van der Waals surface area (Å²) < 4.78 is 0. The van der Waals surface area contributed by atoms with E-state index in [0.717, 1.165) is 11.1 Å². The van der Waals surface area contributed by atoms with Gasteiger partial charge in [-0.1, -0.05) is 26.0 Å². The molecule has 0 unspecified atom stereocenters. The third kappa shape index (κ3) is 5.28. The van der Waals surface area contributed by atoms with Crippen molar-refractivity contribution in [2.24, 2.45) is 5.41 Å². The molecular weight excluding hydrogens is 396 g/mol. The second kappa shape index (κ2) is 9.42. The number of anilines is 4. The molecule has 8 heteroatoms. The van der Waals surface area contributed by atoms with Crippen LogP contribution in [0.5, 0.6) is 0 Å². The zero-order valence-electron chi connectivity index (χ0n) is 18.6. The number of carbonyl (C=O) groups is 4. The van der Waals surface area contributed by atoms with Crippen LogP contribution < -0.4 is 21.3 Å². The molecule has 0 fully saturated rings. The molecule has 1 aliphatic rings. The number of fused-ring (bicyclic) bond motifs is 2. The smallest absolute Gasteiger partial charge is 0.314 e. The van der Waals surface area contributed by atoms with E-state index in [1.54, 1.807) is 36.4 Å². The average Bonchev–Trinajstić information content (AvgIpc) is 2.72. The lowest BCUT2D eigenvalue weighted by Crippen LogP contribution is -2.41. The van der Waals surface area contributed by atoms with Gasteiger partial charge in [0.05, 0.1) is 22.7 Å². The number of rotatable bonds is 0. The summed E-state index contributed by atoms with van der Waals surface area (Å²) in [4.78, 5) is 50.5. The van der Waals surface area contributed by atoms with Crippen molar-refractivity contribution in [1.82, 2.24) is 0 Å². The van der Waals surface area contributed by atoms with Crippen molar-refractivity contribution < 1.29 is 19.2 Å². The van der Waals surface area contributed by atoms with Crippen LogP contribution in [-0.4, -0.2) is 23.6 Å². The molecule has 164 valence electrons. The monoisotopic (exact) mass is 424 g/mol. The molecule has 0 radical (unpaired) electrons. The number of amides is 4. The molecule has 4 N–H and O–H groups in total. The van der Waals surface area contributed by atoms with E-state index in [1.165, 1.54) is 13.8 Å². The number of benzene rings is 2. The Bertz CT molecular complexity index is 962. The molecule has 0 spiro atoms. The first kappa shape index (κ1) is 23.6. The highest BCUT2D eigenvalue weighted by atomic mass is 16.2. The first-order chi connectivity index (χ1) is 14.6. The maximum atomic E-state index is 12.9. The van der Waals surface area contributed by atoms with Crippen molar-refractivity contribution >= 4 is 46.4 Å². The molecule has 3 rings (SSSR count). The quantitative estimate of drug-likeness (QED) is 0.380. The fourth-order valence-electron chi connectivity index (χ4n) is 2.76. The molecule has 0 aliphatic carbocycles. The molecule has 0 aromatic heterocycles. The van der Waals surface area contributed by atoms with E-state index in [2.05, 4.69) is 21.3 Å². The van der Waals surface area contributed by atoms with Crippen LogP contribution in [0.1, 0.15) is 38.8 Å². The topological polar surface area (TPSA) is 116 Å². The number of carbonyl (C=O) groups excluding carboxylic acids is 4. The molecule has 4 amide bonds. The van der Waals surface area contributed by atoms with Crippen molar-refractivity contribution in [3.8, 4) is 0 Å². The Morgan fingerprint density at radius 1 is 0.581 bits per heavy atom. The summed E-state index contributed by atoms with van der Waals surface area (Å²) in [5, 5.41) is 10.4. The Morgan fingerprint density at radius 2 is 0.935 bits per heavy atom. The molecule has 2 aromatic carbocycles. The lowest BCUT2D eigenvalue weighted by Gasteiger charge is -2.24. The van der Waals surface area contributed by atoms with E-state index < -0.39 is 29.0 Å². The van der Waals surface area contributed by atoms with Gasteiger partial charge < -0.3 is 21.3 Å². The Labute approximate surface area is 181 Å².